The highest BCUT2D eigenvalue weighted by Crippen LogP contribution is 2.25. The number of carbonyl (C=O) groups is 2. The first-order valence-corrected chi connectivity index (χ1v) is 6.01. The van der Waals surface area contributed by atoms with Crippen LogP contribution >= 0.6 is 0 Å². The molecular weight excluding hydrogens is 218 g/mol. The lowest BCUT2D eigenvalue weighted by molar-refractivity contribution is -0.160. The number of amides is 2. The molecule has 2 N–H and O–H groups in total. The summed E-state index contributed by atoms with van der Waals surface area (Å²) < 4.78 is 0. The predicted molar refractivity (Wildman–Crippen MR) is 66.3 cm³/mol. The van der Waals surface area contributed by atoms with Gasteiger partial charge in [-0.1, -0.05) is 6.92 Å². The van der Waals surface area contributed by atoms with Gasteiger partial charge in [0.2, 0.25) is 11.8 Å². The fraction of sp³-hybridized carbons (Fsp3) is 0.833. The van der Waals surface area contributed by atoms with Crippen molar-refractivity contribution in [2.45, 2.75) is 45.2 Å². The zero-order valence-corrected chi connectivity index (χ0v) is 11.4. The normalized spacial score (nSPS) is 23.5. The van der Waals surface area contributed by atoms with Gasteiger partial charge >= 0.3 is 0 Å². The van der Waals surface area contributed by atoms with Gasteiger partial charge in [0.15, 0.2) is 0 Å². The van der Waals surface area contributed by atoms with Crippen LogP contribution in [0.2, 0.25) is 0 Å². The van der Waals surface area contributed by atoms with E-state index in [4.69, 9.17) is 5.73 Å². The molecule has 1 fully saturated rings. The van der Waals surface area contributed by atoms with E-state index in [2.05, 4.69) is 0 Å². The smallest absolute Gasteiger partial charge is 0.247 e. The van der Waals surface area contributed by atoms with E-state index >= 15 is 0 Å². The predicted octanol–water partition coefficient (Wildman–Crippen LogP) is 0.193. The Balaban J connectivity index is 3.00. The molecule has 0 spiro atoms. The van der Waals surface area contributed by atoms with Crippen molar-refractivity contribution in [1.29, 1.82) is 0 Å². The first-order valence-electron chi connectivity index (χ1n) is 6.01. The molecule has 2 amide bonds. The molecule has 0 radical (unpaired) electrons. The number of hydrogen-bond acceptors (Lipinski definition) is 3. The second kappa shape index (κ2) is 4.29. The molecule has 17 heavy (non-hydrogen) atoms. The zero-order chi connectivity index (χ0) is 13.4. The number of hydrogen-bond donors (Lipinski definition) is 1. The Bertz CT molecular complexity index is 337. The first kappa shape index (κ1) is 14.0. The van der Waals surface area contributed by atoms with E-state index in [1.807, 2.05) is 6.92 Å². The molecule has 0 aromatic carbocycles. The van der Waals surface area contributed by atoms with Crippen molar-refractivity contribution < 1.29 is 9.59 Å². The van der Waals surface area contributed by atoms with Gasteiger partial charge in [0, 0.05) is 20.1 Å². The molecule has 1 atom stereocenters. The van der Waals surface area contributed by atoms with Crippen LogP contribution < -0.4 is 5.73 Å². The Morgan fingerprint density at radius 3 is 2.47 bits per heavy atom. The summed E-state index contributed by atoms with van der Waals surface area (Å²) in [6.07, 6.45) is 0.558. The largest absolute Gasteiger partial charge is 0.342 e. The first-order chi connectivity index (χ1) is 7.64. The third-order valence-corrected chi connectivity index (χ3v) is 3.67. The maximum Gasteiger partial charge on any atom is 0.247 e. The summed E-state index contributed by atoms with van der Waals surface area (Å²) >= 11 is 0. The van der Waals surface area contributed by atoms with Crippen LogP contribution in [0.15, 0.2) is 0 Å². The van der Waals surface area contributed by atoms with Crippen molar-refractivity contribution in [3.63, 3.8) is 0 Å². The minimum absolute atomic E-state index is 0.0380. The van der Waals surface area contributed by atoms with Crippen LogP contribution in [-0.2, 0) is 9.59 Å². The summed E-state index contributed by atoms with van der Waals surface area (Å²) in [4.78, 5) is 27.7. The van der Waals surface area contributed by atoms with Gasteiger partial charge < -0.3 is 15.5 Å². The molecule has 1 aliphatic rings. The number of carbonyl (C=O) groups excluding carboxylic acids is 2. The number of nitrogens with two attached hydrogens (primary N) is 1. The Labute approximate surface area is 103 Å². The molecule has 0 saturated carbocycles. The van der Waals surface area contributed by atoms with E-state index in [1.54, 1.807) is 37.6 Å². The van der Waals surface area contributed by atoms with Crippen molar-refractivity contribution in [2.75, 3.05) is 20.1 Å². The van der Waals surface area contributed by atoms with Crippen molar-refractivity contribution >= 4 is 11.8 Å². The highest BCUT2D eigenvalue weighted by Gasteiger charge is 2.46. The molecule has 5 nitrogen and oxygen atoms in total. The Hall–Kier alpha value is -1.10. The minimum Gasteiger partial charge on any atom is -0.342 e. The minimum atomic E-state index is -0.895. The molecule has 1 heterocycles. The molecule has 1 unspecified atom stereocenters. The number of rotatable bonds is 2. The second-order valence-electron chi connectivity index (χ2n) is 5.51. The topological polar surface area (TPSA) is 66.6 Å². The molecule has 0 aromatic rings. The average Bonchev–Trinajstić information content (AvgIpc) is 2.25. The van der Waals surface area contributed by atoms with Gasteiger partial charge in [-0.05, 0) is 27.2 Å². The monoisotopic (exact) mass is 241 g/mol. The summed E-state index contributed by atoms with van der Waals surface area (Å²) in [7, 11) is 1.76. The van der Waals surface area contributed by atoms with E-state index in [-0.39, 0.29) is 11.8 Å². The lowest BCUT2D eigenvalue weighted by Crippen LogP contribution is -2.68. The van der Waals surface area contributed by atoms with Gasteiger partial charge in [-0.3, -0.25) is 9.59 Å². The van der Waals surface area contributed by atoms with Crippen molar-refractivity contribution in [1.82, 2.24) is 9.80 Å². The second-order valence-corrected chi connectivity index (χ2v) is 5.51. The molecule has 1 rings (SSSR count). The van der Waals surface area contributed by atoms with Gasteiger partial charge in [0.1, 0.15) is 5.54 Å². The van der Waals surface area contributed by atoms with Gasteiger partial charge in [0.25, 0.3) is 0 Å². The van der Waals surface area contributed by atoms with Gasteiger partial charge in [0.05, 0.1) is 5.54 Å². The van der Waals surface area contributed by atoms with Crippen LogP contribution in [0.1, 0.15) is 34.1 Å². The van der Waals surface area contributed by atoms with E-state index in [0.29, 0.717) is 19.5 Å². The van der Waals surface area contributed by atoms with Crippen LogP contribution in [0.3, 0.4) is 0 Å². The molecular formula is C12H23N3O2. The van der Waals surface area contributed by atoms with Gasteiger partial charge in [-0.15, -0.1) is 0 Å². The van der Waals surface area contributed by atoms with Crippen LogP contribution in [0.4, 0.5) is 0 Å². The molecule has 1 aliphatic heterocycles. The Morgan fingerprint density at radius 1 is 1.47 bits per heavy atom. The standard InChI is InChI=1S/C12H23N3O2/c1-6-12(4,13)10(17)15-8-7-14(5)9(16)11(15,2)3/h6-8,13H2,1-5H3. The maximum atomic E-state index is 12.3. The quantitative estimate of drug-likeness (QED) is 0.750. The summed E-state index contributed by atoms with van der Waals surface area (Å²) in [5.41, 5.74) is 4.27. The molecule has 0 bridgehead atoms. The van der Waals surface area contributed by atoms with E-state index in [0.717, 1.165) is 0 Å². The van der Waals surface area contributed by atoms with E-state index < -0.39 is 11.1 Å². The van der Waals surface area contributed by atoms with Crippen LogP contribution in [0, 0.1) is 0 Å². The highest BCUT2D eigenvalue weighted by atomic mass is 16.2. The van der Waals surface area contributed by atoms with Crippen molar-refractivity contribution in [3.8, 4) is 0 Å². The van der Waals surface area contributed by atoms with Gasteiger partial charge in [-0.25, -0.2) is 0 Å². The molecule has 1 saturated heterocycles. The van der Waals surface area contributed by atoms with Crippen LogP contribution in [0.5, 0.6) is 0 Å². The Kier molecular flexibility index (Phi) is 3.52. The van der Waals surface area contributed by atoms with E-state index in [9.17, 15) is 9.59 Å². The average molecular weight is 241 g/mol. The highest BCUT2D eigenvalue weighted by molar-refractivity contribution is 5.94. The summed E-state index contributed by atoms with van der Waals surface area (Å²) in [5, 5.41) is 0. The third kappa shape index (κ3) is 2.29. The third-order valence-electron chi connectivity index (χ3n) is 3.67. The number of nitrogens with zero attached hydrogens (tertiary/aromatic N) is 2. The van der Waals surface area contributed by atoms with Gasteiger partial charge in [-0.2, -0.15) is 0 Å². The lowest BCUT2D eigenvalue weighted by atomic mass is 9.91. The summed E-state index contributed by atoms with van der Waals surface area (Å²) in [5.74, 6) is -0.185. The van der Waals surface area contributed by atoms with Crippen LogP contribution in [-0.4, -0.2) is 52.8 Å². The fourth-order valence-corrected chi connectivity index (χ4v) is 2.03. The zero-order valence-electron chi connectivity index (χ0n) is 11.4. The van der Waals surface area contributed by atoms with Crippen LogP contribution in [0.25, 0.3) is 0 Å². The molecule has 0 aromatic heterocycles. The number of piperazine rings is 1. The maximum absolute atomic E-state index is 12.3. The number of likely N-dealkylation sites (N-methyl/N-ethyl adjacent to an activating group) is 1. The summed E-state index contributed by atoms with van der Waals surface area (Å²) in [6.45, 7) is 8.24. The van der Waals surface area contributed by atoms with Crippen molar-refractivity contribution in [2.24, 2.45) is 5.73 Å². The Morgan fingerprint density at radius 2 is 2.00 bits per heavy atom. The molecule has 5 heteroatoms. The SMILES string of the molecule is CCC(C)(N)C(=O)N1CCN(C)C(=O)C1(C)C. The summed E-state index contributed by atoms with van der Waals surface area (Å²) in [6, 6.07) is 0. The molecule has 98 valence electrons. The lowest BCUT2D eigenvalue weighted by Gasteiger charge is -2.47. The fourth-order valence-electron chi connectivity index (χ4n) is 2.03. The molecule has 0 aliphatic carbocycles. The van der Waals surface area contributed by atoms with Crippen molar-refractivity contribution in [3.05, 3.63) is 0 Å². The van der Waals surface area contributed by atoms with E-state index in [1.165, 1.54) is 0 Å².